The van der Waals surface area contributed by atoms with Crippen molar-refractivity contribution in [2.24, 2.45) is 0 Å². The van der Waals surface area contributed by atoms with Crippen LogP contribution in [-0.2, 0) is 24.3 Å². The first kappa shape index (κ1) is 21.6. The van der Waals surface area contributed by atoms with E-state index in [0.29, 0.717) is 13.2 Å². The van der Waals surface area contributed by atoms with Crippen molar-refractivity contribution in [1.82, 2.24) is 9.62 Å². The zero-order chi connectivity index (χ0) is 20.0. The fourth-order valence-electron chi connectivity index (χ4n) is 2.39. The summed E-state index contributed by atoms with van der Waals surface area (Å²) in [6.07, 6.45) is 0.750. The van der Waals surface area contributed by atoms with Crippen LogP contribution in [0.4, 0.5) is 0 Å². The fourth-order valence-corrected chi connectivity index (χ4v) is 4.30. The Morgan fingerprint density at radius 3 is 2.63 bits per heavy atom. The van der Waals surface area contributed by atoms with Crippen molar-refractivity contribution in [2.75, 3.05) is 32.9 Å². The molecule has 1 atom stereocenters. The SMILES string of the molecule is CCC(C)NC(=O)COC(=O)c1ccc(Cl)c(S(=O)(=O)N2CCOCC2)c1. The number of sulfonamides is 1. The third-order valence-electron chi connectivity index (χ3n) is 4.11. The molecule has 1 aliphatic rings. The molecule has 1 amide bonds. The largest absolute Gasteiger partial charge is 0.452 e. The molecule has 0 spiro atoms. The van der Waals surface area contributed by atoms with Crippen molar-refractivity contribution in [2.45, 2.75) is 31.2 Å². The Balaban J connectivity index is 2.12. The standard InChI is InChI=1S/C17H23ClN2O6S/c1-3-12(2)19-16(21)11-26-17(22)13-4-5-14(18)15(10-13)27(23,24)20-6-8-25-9-7-20/h4-5,10,12H,3,6-9,11H2,1-2H3,(H,19,21). The number of carbonyl (C=O) groups excluding carboxylic acids is 2. The number of carbonyl (C=O) groups is 2. The van der Waals surface area contributed by atoms with E-state index in [0.717, 1.165) is 6.42 Å². The Hall–Kier alpha value is -1.68. The second-order valence-electron chi connectivity index (χ2n) is 6.11. The predicted octanol–water partition coefficient (Wildman–Crippen LogP) is 1.43. The molecule has 150 valence electrons. The third-order valence-corrected chi connectivity index (χ3v) is 6.49. The molecule has 0 aliphatic carbocycles. The normalized spacial score (nSPS) is 16.6. The predicted molar refractivity (Wildman–Crippen MR) is 99.2 cm³/mol. The van der Waals surface area contributed by atoms with Gasteiger partial charge in [-0.25, -0.2) is 13.2 Å². The number of nitrogens with zero attached hydrogens (tertiary/aromatic N) is 1. The molecule has 1 fully saturated rings. The summed E-state index contributed by atoms with van der Waals surface area (Å²) in [5.41, 5.74) is 0.00238. The first-order valence-electron chi connectivity index (χ1n) is 8.59. The van der Waals surface area contributed by atoms with Gasteiger partial charge in [0.2, 0.25) is 10.0 Å². The zero-order valence-corrected chi connectivity index (χ0v) is 16.8. The summed E-state index contributed by atoms with van der Waals surface area (Å²) in [5.74, 6) is -1.22. The highest BCUT2D eigenvalue weighted by Crippen LogP contribution is 2.26. The number of nitrogens with one attached hydrogen (secondary N) is 1. The Bertz CT molecular complexity index is 793. The molecule has 0 saturated carbocycles. The van der Waals surface area contributed by atoms with Crippen LogP contribution in [0.2, 0.25) is 5.02 Å². The maximum Gasteiger partial charge on any atom is 0.338 e. The minimum absolute atomic E-state index is 0.00238. The molecular formula is C17H23ClN2O6S. The number of rotatable bonds is 7. The van der Waals surface area contributed by atoms with Gasteiger partial charge < -0.3 is 14.8 Å². The summed E-state index contributed by atoms with van der Waals surface area (Å²) in [5, 5.41) is 2.68. The van der Waals surface area contributed by atoms with E-state index in [-0.39, 0.29) is 34.6 Å². The number of ether oxygens (including phenoxy) is 2. The van der Waals surface area contributed by atoms with E-state index in [1.54, 1.807) is 0 Å². The van der Waals surface area contributed by atoms with Crippen molar-refractivity contribution in [3.8, 4) is 0 Å². The summed E-state index contributed by atoms with van der Waals surface area (Å²) in [4.78, 5) is 23.7. The number of halogens is 1. The van der Waals surface area contributed by atoms with E-state index in [1.165, 1.54) is 22.5 Å². The highest BCUT2D eigenvalue weighted by molar-refractivity contribution is 7.89. The van der Waals surface area contributed by atoms with Crippen LogP contribution >= 0.6 is 11.6 Å². The van der Waals surface area contributed by atoms with Crippen LogP contribution in [0.15, 0.2) is 23.1 Å². The van der Waals surface area contributed by atoms with Crippen LogP contribution in [-0.4, -0.2) is 63.6 Å². The van der Waals surface area contributed by atoms with Crippen molar-refractivity contribution in [3.05, 3.63) is 28.8 Å². The van der Waals surface area contributed by atoms with Crippen LogP contribution < -0.4 is 5.32 Å². The van der Waals surface area contributed by atoms with Gasteiger partial charge in [0.15, 0.2) is 6.61 Å². The number of hydrogen-bond acceptors (Lipinski definition) is 6. The zero-order valence-electron chi connectivity index (χ0n) is 15.2. The Morgan fingerprint density at radius 1 is 1.33 bits per heavy atom. The lowest BCUT2D eigenvalue weighted by molar-refractivity contribution is -0.124. The molecule has 0 bridgehead atoms. The molecule has 0 aromatic heterocycles. The van der Waals surface area contributed by atoms with Crippen molar-refractivity contribution in [3.63, 3.8) is 0 Å². The van der Waals surface area contributed by atoms with Crippen molar-refractivity contribution in [1.29, 1.82) is 0 Å². The maximum absolute atomic E-state index is 12.8. The minimum Gasteiger partial charge on any atom is -0.452 e. The summed E-state index contributed by atoms with van der Waals surface area (Å²) < 4.78 is 36.9. The van der Waals surface area contributed by atoms with E-state index in [4.69, 9.17) is 21.1 Å². The molecule has 1 saturated heterocycles. The average molecular weight is 419 g/mol. The number of morpholine rings is 1. The smallest absolute Gasteiger partial charge is 0.338 e. The lowest BCUT2D eigenvalue weighted by atomic mass is 10.2. The molecule has 2 rings (SSSR count). The molecule has 8 nitrogen and oxygen atoms in total. The molecule has 1 aromatic carbocycles. The van der Waals surface area contributed by atoms with Gasteiger partial charge >= 0.3 is 5.97 Å². The summed E-state index contributed by atoms with van der Waals surface area (Å²) in [6.45, 7) is 4.32. The molecule has 1 aliphatic heterocycles. The van der Waals surface area contributed by atoms with Crippen molar-refractivity contribution < 1.29 is 27.5 Å². The lowest BCUT2D eigenvalue weighted by Gasteiger charge is -2.26. The molecule has 1 unspecified atom stereocenters. The lowest BCUT2D eigenvalue weighted by Crippen LogP contribution is -2.40. The van der Waals surface area contributed by atoms with Gasteiger partial charge in [0.05, 0.1) is 23.8 Å². The fraction of sp³-hybridized carbons (Fsp3) is 0.529. The Kier molecular flexibility index (Phi) is 7.60. The topological polar surface area (TPSA) is 102 Å². The second kappa shape index (κ2) is 9.50. The maximum atomic E-state index is 12.8. The molecule has 1 aromatic rings. The summed E-state index contributed by atoms with van der Waals surface area (Å²) in [7, 11) is -3.86. The van der Waals surface area contributed by atoms with Gasteiger partial charge in [-0.1, -0.05) is 18.5 Å². The van der Waals surface area contributed by atoms with Gasteiger partial charge in [-0.3, -0.25) is 4.79 Å². The van der Waals surface area contributed by atoms with E-state index in [2.05, 4.69) is 5.32 Å². The van der Waals surface area contributed by atoms with E-state index in [9.17, 15) is 18.0 Å². The molecule has 10 heteroatoms. The number of amides is 1. The Morgan fingerprint density at radius 2 is 2.00 bits per heavy atom. The molecule has 1 heterocycles. The summed E-state index contributed by atoms with van der Waals surface area (Å²) >= 11 is 6.05. The molecule has 1 N–H and O–H groups in total. The second-order valence-corrected chi connectivity index (χ2v) is 8.43. The van der Waals surface area contributed by atoms with E-state index in [1.807, 2.05) is 13.8 Å². The van der Waals surface area contributed by atoms with Crippen LogP contribution in [0.1, 0.15) is 30.6 Å². The molecular weight excluding hydrogens is 396 g/mol. The van der Waals surface area contributed by atoms with Gasteiger partial charge in [-0.15, -0.1) is 0 Å². The highest BCUT2D eigenvalue weighted by atomic mass is 35.5. The first-order valence-corrected chi connectivity index (χ1v) is 10.4. The van der Waals surface area contributed by atoms with E-state index < -0.39 is 28.5 Å². The van der Waals surface area contributed by atoms with Crippen LogP contribution in [0, 0.1) is 0 Å². The first-order chi connectivity index (χ1) is 12.8. The van der Waals surface area contributed by atoms with Gasteiger partial charge in [0.1, 0.15) is 4.90 Å². The third kappa shape index (κ3) is 5.65. The van der Waals surface area contributed by atoms with Crippen LogP contribution in [0.5, 0.6) is 0 Å². The molecule has 0 radical (unpaired) electrons. The Labute approximate surface area is 163 Å². The number of esters is 1. The van der Waals surface area contributed by atoms with Gasteiger partial charge in [-0.2, -0.15) is 4.31 Å². The quantitative estimate of drug-likeness (QED) is 0.672. The number of hydrogen-bond donors (Lipinski definition) is 1. The molecule has 27 heavy (non-hydrogen) atoms. The minimum atomic E-state index is -3.86. The average Bonchev–Trinajstić information content (AvgIpc) is 2.66. The highest BCUT2D eigenvalue weighted by Gasteiger charge is 2.29. The monoisotopic (exact) mass is 418 g/mol. The van der Waals surface area contributed by atoms with Crippen LogP contribution in [0.25, 0.3) is 0 Å². The van der Waals surface area contributed by atoms with Crippen LogP contribution in [0.3, 0.4) is 0 Å². The summed E-state index contributed by atoms with van der Waals surface area (Å²) in [6, 6.07) is 3.82. The van der Waals surface area contributed by atoms with Gasteiger partial charge in [0.25, 0.3) is 5.91 Å². The number of benzene rings is 1. The van der Waals surface area contributed by atoms with Gasteiger partial charge in [0, 0.05) is 19.1 Å². The van der Waals surface area contributed by atoms with Gasteiger partial charge in [-0.05, 0) is 31.5 Å². The van der Waals surface area contributed by atoms with E-state index >= 15 is 0 Å². The van der Waals surface area contributed by atoms with Crippen molar-refractivity contribution >= 4 is 33.5 Å².